The van der Waals surface area contributed by atoms with E-state index in [4.69, 9.17) is 0 Å². The van der Waals surface area contributed by atoms with Gasteiger partial charge >= 0.3 is 0 Å². The lowest BCUT2D eigenvalue weighted by molar-refractivity contribution is 0.401. The molecule has 0 radical (unpaired) electrons. The molecule has 0 saturated heterocycles. The first-order valence-corrected chi connectivity index (χ1v) is 5.11. The van der Waals surface area contributed by atoms with Crippen molar-refractivity contribution in [3.05, 3.63) is 41.5 Å². The first kappa shape index (κ1) is 11.8. The normalized spacial score (nSPS) is 10.7. The highest BCUT2D eigenvalue weighted by molar-refractivity contribution is 5.43. The fourth-order valence-corrected chi connectivity index (χ4v) is 1.70. The van der Waals surface area contributed by atoms with Crippen LogP contribution in [0.1, 0.15) is 16.7 Å². The first-order valence-electron chi connectivity index (χ1n) is 5.11. The molecule has 0 aliphatic carbocycles. The van der Waals surface area contributed by atoms with Crippen molar-refractivity contribution < 1.29 is 5.11 Å². The second-order valence-corrected chi connectivity index (χ2v) is 4.15. The topological polar surface area (TPSA) is 23.5 Å². The predicted octanol–water partition coefficient (Wildman–Crippen LogP) is 2.49. The van der Waals surface area contributed by atoms with Crippen LogP contribution in [0, 0.1) is 6.92 Å². The standard InChI is InChI=1S/C13H19NO/c1-5-6-12-8-11(9-14(3)4)7-10(2)13(12)15/h5,7-8,15H,1,6,9H2,2-4H3. The van der Waals surface area contributed by atoms with Crippen LogP contribution in [0.3, 0.4) is 0 Å². The van der Waals surface area contributed by atoms with Crippen molar-refractivity contribution in [1.29, 1.82) is 0 Å². The lowest BCUT2D eigenvalue weighted by Gasteiger charge is -2.13. The lowest BCUT2D eigenvalue weighted by atomic mass is 10.0. The van der Waals surface area contributed by atoms with E-state index in [0.29, 0.717) is 12.2 Å². The van der Waals surface area contributed by atoms with Gasteiger partial charge in [0.15, 0.2) is 0 Å². The van der Waals surface area contributed by atoms with Crippen molar-refractivity contribution in [2.75, 3.05) is 14.1 Å². The fraction of sp³-hybridized carbons (Fsp3) is 0.385. The van der Waals surface area contributed by atoms with Crippen molar-refractivity contribution in [2.24, 2.45) is 0 Å². The lowest BCUT2D eigenvalue weighted by Crippen LogP contribution is -2.11. The first-order chi connectivity index (χ1) is 7.04. The van der Waals surface area contributed by atoms with Gasteiger partial charge in [-0.25, -0.2) is 0 Å². The molecule has 1 N–H and O–H groups in total. The molecule has 0 aliphatic rings. The Kier molecular flexibility index (Phi) is 3.92. The Balaban J connectivity index is 3.05. The molecular formula is C13H19NO. The number of benzene rings is 1. The van der Waals surface area contributed by atoms with Crippen LogP contribution in [0.2, 0.25) is 0 Å². The number of hydrogen-bond donors (Lipinski definition) is 1. The van der Waals surface area contributed by atoms with E-state index in [0.717, 1.165) is 17.7 Å². The van der Waals surface area contributed by atoms with E-state index in [1.165, 1.54) is 5.56 Å². The minimum atomic E-state index is 0.400. The van der Waals surface area contributed by atoms with Gasteiger partial charge in [0.1, 0.15) is 5.75 Å². The minimum absolute atomic E-state index is 0.400. The number of phenols is 1. The van der Waals surface area contributed by atoms with Crippen molar-refractivity contribution in [2.45, 2.75) is 19.9 Å². The van der Waals surface area contributed by atoms with Crippen molar-refractivity contribution in [1.82, 2.24) is 4.90 Å². The van der Waals surface area contributed by atoms with Crippen molar-refractivity contribution in [3.8, 4) is 5.75 Å². The van der Waals surface area contributed by atoms with Crippen LogP contribution in [0.25, 0.3) is 0 Å². The van der Waals surface area contributed by atoms with Gasteiger partial charge in [-0.2, -0.15) is 0 Å². The zero-order chi connectivity index (χ0) is 11.4. The summed E-state index contributed by atoms with van der Waals surface area (Å²) in [6, 6.07) is 4.08. The summed E-state index contributed by atoms with van der Waals surface area (Å²) in [5, 5.41) is 9.83. The average Bonchev–Trinajstić information content (AvgIpc) is 2.12. The Morgan fingerprint density at radius 1 is 1.40 bits per heavy atom. The summed E-state index contributed by atoms with van der Waals surface area (Å²) in [4.78, 5) is 2.11. The molecule has 0 bridgehead atoms. The highest BCUT2D eigenvalue weighted by Crippen LogP contribution is 2.25. The number of allylic oxidation sites excluding steroid dienone is 1. The largest absolute Gasteiger partial charge is 0.507 e. The Bertz CT molecular complexity index is 356. The third-order valence-electron chi connectivity index (χ3n) is 2.30. The SMILES string of the molecule is C=CCc1cc(CN(C)C)cc(C)c1O. The van der Waals surface area contributed by atoms with E-state index in [1.54, 1.807) is 0 Å². The quantitative estimate of drug-likeness (QED) is 0.763. The molecule has 2 nitrogen and oxygen atoms in total. The maximum absolute atomic E-state index is 9.83. The van der Waals surface area contributed by atoms with Crippen LogP contribution in [0.5, 0.6) is 5.75 Å². The Morgan fingerprint density at radius 2 is 2.07 bits per heavy atom. The molecule has 0 amide bonds. The van der Waals surface area contributed by atoms with Crippen LogP contribution < -0.4 is 0 Å². The maximum atomic E-state index is 9.83. The third-order valence-corrected chi connectivity index (χ3v) is 2.30. The molecule has 0 heterocycles. The highest BCUT2D eigenvalue weighted by atomic mass is 16.3. The molecule has 0 unspecified atom stereocenters. The highest BCUT2D eigenvalue weighted by Gasteiger charge is 2.06. The minimum Gasteiger partial charge on any atom is -0.507 e. The molecular weight excluding hydrogens is 186 g/mol. The van der Waals surface area contributed by atoms with Gasteiger partial charge in [-0.3, -0.25) is 0 Å². The van der Waals surface area contributed by atoms with Gasteiger partial charge in [0, 0.05) is 6.54 Å². The van der Waals surface area contributed by atoms with Crippen LogP contribution >= 0.6 is 0 Å². The predicted molar refractivity (Wildman–Crippen MR) is 64.1 cm³/mol. The van der Waals surface area contributed by atoms with Gasteiger partial charge < -0.3 is 10.0 Å². The molecule has 0 spiro atoms. The molecule has 1 aromatic carbocycles. The van der Waals surface area contributed by atoms with Crippen LogP contribution in [0.15, 0.2) is 24.8 Å². The second kappa shape index (κ2) is 4.99. The van der Waals surface area contributed by atoms with Gasteiger partial charge in [-0.1, -0.05) is 18.2 Å². The second-order valence-electron chi connectivity index (χ2n) is 4.15. The Labute approximate surface area is 91.9 Å². The third kappa shape index (κ3) is 3.10. The van der Waals surface area contributed by atoms with Crippen molar-refractivity contribution in [3.63, 3.8) is 0 Å². The van der Waals surface area contributed by atoms with Gasteiger partial charge in [-0.15, -0.1) is 6.58 Å². The van der Waals surface area contributed by atoms with Gasteiger partial charge in [0.05, 0.1) is 0 Å². The van der Waals surface area contributed by atoms with Gasteiger partial charge in [-0.05, 0) is 44.1 Å². The molecule has 15 heavy (non-hydrogen) atoms. The van der Waals surface area contributed by atoms with E-state index in [9.17, 15) is 5.11 Å². The number of rotatable bonds is 4. The molecule has 0 atom stereocenters. The molecule has 2 heteroatoms. The van der Waals surface area contributed by atoms with E-state index < -0.39 is 0 Å². The zero-order valence-electron chi connectivity index (χ0n) is 9.75. The Morgan fingerprint density at radius 3 is 2.60 bits per heavy atom. The van der Waals surface area contributed by atoms with E-state index in [-0.39, 0.29) is 0 Å². The number of nitrogens with zero attached hydrogens (tertiary/aromatic N) is 1. The monoisotopic (exact) mass is 205 g/mol. The summed E-state index contributed by atoms with van der Waals surface area (Å²) in [7, 11) is 4.07. The van der Waals surface area contributed by atoms with E-state index in [2.05, 4.69) is 11.5 Å². The molecule has 0 aliphatic heterocycles. The summed E-state index contributed by atoms with van der Waals surface area (Å²) in [6.07, 6.45) is 2.53. The molecule has 0 saturated carbocycles. The Hall–Kier alpha value is -1.28. The molecule has 82 valence electrons. The molecule has 1 aromatic rings. The smallest absolute Gasteiger partial charge is 0.122 e. The number of aromatic hydroxyl groups is 1. The molecule has 1 rings (SSSR count). The average molecular weight is 205 g/mol. The number of aryl methyl sites for hydroxylation is 1. The van der Waals surface area contributed by atoms with Crippen molar-refractivity contribution >= 4 is 0 Å². The van der Waals surface area contributed by atoms with Crippen LogP contribution in [-0.2, 0) is 13.0 Å². The molecule has 0 fully saturated rings. The summed E-state index contributed by atoms with van der Waals surface area (Å²) in [5.74, 6) is 0.400. The van der Waals surface area contributed by atoms with Crippen LogP contribution in [0.4, 0.5) is 0 Å². The summed E-state index contributed by atoms with van der Waals surface area (Å²) in [5.41, 5.74) is 3.13. The van der Waals surface area contributed by atoms with Gasteiger partial charge in [0.2, 0.25) is 0 Å². The fourth-order valence-electron chi connectivity index (χ4n) is 1.70. The summed E-state index contributed by atoms with van der Waals surface area (Å²) in [6.45, 7) is 6.52. The van der Waals surface area contributed by atoms with E-state index in [1.807, 2.05) is 39.2 Å². The van der Waals surface area contributed by atoms with E-state index >= 15 is 0 Å². The van der Waals surface area contributed by atoms with Gasteiger partial charge in [0.25, 0.3) is 0 Å². The molecule has 0 aromatic heterocycles. The number of phenolic OH excluding ortho intramolecular Hbond substituents is 1. The summed E-state index contributed by atoms with van der Waals surface area (Å²) < 4.78 is 0. The summed E-state index contributed by atoms with van der Waals surface area (Å²) >= 11 is 0. The number of hydrogen-bond acceptors (Lipinski definition) is 2. The zero-order valence-corrected chi connectivity index (χ0v) is 9.75. The van der Waals surface area contributed by atoms with Crippen LogP contribution in [-0.4, -0.2) is 24.1 Å². The maximum Gasteiger partial charge on any atom is 0.122 e.